The molecule has 0 amide bonds. The van der Waals surface area contributed by atoms with E-state index in [1.54, 1.807) is 13.8 Å². The fourth-order valence-electron chi connectivity index (χ4n) is 1.40. The van der Waals surface area contributed by atoms with E-state index in [-0.39, 0.29) is 24.3 Å². The molecule has 1 aromatic rings. The molecule has 1 aromatic carbocycles. The zero-order valence-corrected chi connectivity index (χ0v) is 9.68. The molecule has 0 heterocycles. The van der Waals surface area contributed by atoms with Gasteiger partial charge in [0.15, 0.2) is 0 Å². The third-order valence-corrected chi connectivity index (χ3v) is 2.43. The van der Waals surface area contributed by atoms with Crippen molar-refractivity contribution in [2.75, 3.05) is 13.7 Å². The van der Waals surface area contributed by atoms with E-state index in [2.05, 4.69) is 0 Å². The normalized spacial score (nSPS) is 11.6. The van der Waals surface area contributed by atoms with Crippen LogP contribution in [-0.2, 0) is 6.42 Å². The maximum atomic E-state index is 13.6. The minimum absolute atomic E-state index is 0.0140. The predicted octanol–water partition coefficient (Wildman–Crippen LogP) is 2.53. The molecule has 0 radical (unpaired) electrons. The van der Waals surface area contributed by atoms with Crippen LogP contribution in [0.2, 0.25) is 0 Å². The Kier molecular flexibility index (Phi) is 3.86. The molecule has 0 aliphatic heterocycles. The molecule has 4 heteroatoms. The number of hydrogen-bond acceptors (Lipinski definition) is 2. The summed E-state index contributed by atoms with van der Waals surface area (Å²) in [6, 6.07) is 2.29. The topological polar surface area (TPSA) is 29.5 Å². The Morgan fingerprint density at radius 3 is 2.12 bits per heavy atom. The van der Waals surface area contributed by atoms with Gasteiger partial charge < -0.3 is 9.84 Å². The molecule has 0 spiro atoms. The van der Waals surface area contributed by atoms with E-state index in [9.17, 15) is 8.78 Å². The van der Waals surface area contributed by atoms with E-state index in [0.717, 1.165) is 12.1 Å². The first kappa shape index (κ1) is 12.9. The van der Waals surface area contributed by atoms with Crippen LogP contribution in [0.25, 0.3) is 0 Å². The zero-order valence-electron chi connectivity index (χ0n) is 9.68. The molecule has 90 valence electrons. The highest BCUT2D eigenvalue weighted by Crippen LogP contribution is 2.27. The van der Waals surface area contributed by atoms with Crippen molar-refractivity contribution in [1.82, 2.24) is 0 Å². The smallest absolute Gasteiger partial charge is 0.133 e. The van der Waals surface area contributed by atoms with Gasteiger partial charge in [0.25, 0.3) is 0 Å². The van der Waals surface area contributed by atoms with Crippen LogP contribution in [0.1, 0.15) is 19.4 Å². The Hall–Kier alpha value is -1.16. The van der Waals surface area contributed by atoms with Crippen LogP contribution in [0, 0.1) is 17.0 Å². The van der Waals surface area contributed by atoms with Gasteiger partial charge >= 0.3 is 0 Å². The highest BCUT2D eigenvalue weighted by atomic mass is 19.1. The third-order valence-electron chi connectivity index (χ3n) is 2.43. The minimum atomic E-state index is -0.640. The highest BCUT2D eigenvalue weighted by Gasteiger charge is 2.22. The molecule has 0 saturated heterocycles. The van der Waals surface area contributed by atoms with E-state index >= 15 is 0 Å². The van der Waals surface area contributed by atoms with Crippen molar-refractivity contribution < 1.29 is 18.6 Å². The first-order valence-electron chi connectivity index (χ1n) is 5.02. The SMILES string of the molecule is COc1cc(F)c(CC(C)(C)CO)c(F)c1. The lowest BCUT2D eigenvalue weighted by Crippen LogP contribution is -2.21. The molecule has 2 nitrogen and oxygen atoms in total. The molecule has 16 heavy (non-hydrogen) atoms. The van der Waals surface area contributed by atoms with E-state index in [1.165, 1.54) is 7.11 Å². The maximum Gasteiger partial charge on any atom is 0.133 e. The first-order valence-corrected chi connectivity index (χ1v) is 5.02. The number of methoxy groups -OCH3 is 1. The number of halogens is 2. The lowest BCUT2D eigenvalue weighted by atomic mass is 9.86. The summed E-state index contributed by atoms with van der Waals surface area (Å²) >= 11 is 0. The summed E-state index contributed by atoms with van der Waals surface area (Å²) in [6.45, 7) is 3.37. The molecule has 0 unspecified atom stereocenters. The number of aliphatic hydroxyl groups excluding tert-OH is 1. The predicted molar refractivity (Wildman–Crippen MR) is 57.5 cm³/mol. The van der Waals surface area contributed by atoms with E-state index in [4.69, 9.17) is 9.84 Å². The molecule has 0 aromatic heterocycles. The van der Waals surface area contributed by atoms with Crippen molar-refractivity contribution in [3.05, 3.63) is 29.3 Å². The fourth-order valence-corrected chi connectivity index (χ4v) is 1.40. The standard InChI is InChI=1S/C12H16F2O2/c1-12(2,7-15)6-9-10(13)4-8(16-3)5-11(9)14/h4-5,15H,6-7H2,1-3H3. The van der Waals surface area contributed by atoms with Crippen LogP contribution in [0.3, 0.4) is 0 Å². The van der Waals surface area contributed by atoms with Gasteiger partial charge in [0, 0.05) is 24.3 Å². The number of rotatable bonds is 4. The molecule has 0 fully saturated rings. The van der Waals surface area contributed by atoms with Crippen molar-refractivity contribution in [1.29, 1.82) is 0 Å². The molecule has 1 rings (SSSR count). The summed E-state index contributed by atoms with van der Waals surface area (Å²) in [5.74, 6) is -1.13. The molecular formula is C12H16F2O2. The van der Waals surface area contributed by atoms with E-state index in [1.807, 2.05) is 0 Å². The van der Waals surface area contributed by atoms with Gasteiger partial charge in [-0.15, -0.1) is 0 Å². The van der Waals surface area contributed by atoms with Crippen LogP contribution >= 0.6 is 0 Å². The fraction of sp³-hybridized carbons (Fsp3) is 0.500. The summed E-state index contributed by atoms with van der Waals surface area (Å²) in [4.78, 5) is 0. The molecule has 0 bridgehead atoms. The molecule has 0 aliphatic carbocycles. The molecule has 1 N–H and O–H groups in total. The van der Waals surface area contributed by atoms with Gasteiger partial charge in [-0.05, 0) is 11.8 Å². The first-order chi connectivity index (χ1) is 7.39. The Bertz CT molecular complexity index is 352. The second kappa shape index (κ2) is 4.78. The van der Waals surface area contributed by atoms with Gasteiger partial charge in [-0.25, -0.2) is 8.78 Å². The van der Waals surface area contributed by atoms with Gasteiger partial charge in [-0.2, -0.15) is 0 Å². The molecule has 0 atom stereocenters. The van der Waals surface area contributed by atoms with Crippen molar-refractivity contribution in [3.63, 3.8) is 0 Å². The minimum Gasteiger partial charge on any atom is -0.497 e. The van der Waals surface area contributed by atoms with Gasteiger partial charge in [-0.3, -0.25) is 0 Å². The Labute approximate surface area is 93.9 Å². The summed E-state index contributed by atoms with van der Waals surface area (Å²) in [6.07, 6.45) is 0.144. The molecule has 0 aliphatic rings. The van der Waals surface area contributed by atoms with Crippen molar-refractivity contribution in [2.24, 2.45) is 5.41 Å². The average molecular weight is 230 g/mol. The van der Waals surface area contributed by atoms with E-state index in [0.29, 0.717) is 0 Å². The Morgan fingerprint density at radius 1 is 1.25 bits per heavy atom. The average Bonchev–Trinajstić information content (AvgIpc) is 2.23. The van der Waals surface area contributed by atoms with Crippen LogP contribution in [0.15, 0.2) is 12.1 Å². The lowest BCUT2D eigenvalue weighted by molar-refractivity contribution is 0.157. The summed E-state index contributed by atoms with van der Waals surface area (Å²) in [5, 5.41) is 9.07. The van der Waals surface area contributed by atoms with Crippen molar-refractivity contribution >= 4 is 0 Å². The number of aliphatic hydroxyl groups is 1. The van der Waals surface area contributed by atoms with Crippen LogP contribution < -0.4 is 4.74 Å². The number of hydrogen-bond donors (Lipinski definition) is 1. The van der Waals surface area contributed by atoms with Crippen LogP contribution in [-0.4, -0.2) is 18.8 Å². The number of ether oxygens (including phenoxy) is 1. The molecule has 0 saturated carbocycles. The number of benzene rings is 1. The highest BCUT2D eigenvalue weighted by molar-refractivity contribution is 5.31. The van der Waals surface area contributed by atoms with Crippen LogP contribution in [0.5, 0.6) is 5.75 Å². The van der Waals surface area contributed by atoms with Crippen molar-refractivity contribution in [3.8, 4) is 5.75 Å². The van der Waals surface area contributed by atoms with Gasteiger partial charge in [0.05, 0.1) is 7.11 Å². The summed E-state index contributed by atoms with van der Waals surface area (Å²) in [7, 11) is 1.35. The second-order valence-corrected chi connectivity index (χ2v) is 4.57. The Morgan fingerprint density at radius 2 is 1.75 bits per heavy atom. The monoisotopic (exact) mass is 230 g/mol. The summed E-state index contributed by atoms with van der Waals surface area (Å²) in [5.41, 5.74) is -0.559. The van der Waals surface area contributed by atoms with Gasteiger partial charge in [0.1, 0.15) is 17.4 Å². The van der Waals surface area contributed by atoms with Gasteiger partial charge in [-0.1, -0.05) is 13.8 Å². The van der Waals surface area contributed by atoms with Gasteiger partial charge in [0.2, 0.25) is 0 Å². The summed E-state index contributed by atoms with van der Waals surface area (Å²) < 4.78 is 31.9. The zero-order chi connectivity index (χ0) is 12.3. The molecular weight excluding hydrogens is 214 g/mol. The van der Waals surface area contributed by atoms with Crippen molar-refractivity contribution in [2.45, 2.75) is 20.3 Å². The third kappa shape index (κ3) is 2.92. The lowest BCUT2D eigenvalue weighted by Gasteiger charge is -2.22. The maximum absolute atomic E-state index is 13.6. The quantitative estimate of drug-likeness (QED) is 0.861. The second-order valence-electron chi connectivity index (χ2n) is 4.57. The van der Waals surface area contributed by atoms with E-state index < -0.39 is 17.0 Å². The van der Waals surface area contributed by atoms with Crippen LogP contribution in [0.4, 0.5) is 8.78 Å². The Balaban J connectivity index is 3.06. The largest absolute Gasteiger partial charge is 0.497 e.